The summed E-state index contributed by atoms with van der Waals surface area (Å²) < 4.78 is 28.9. The number of hydrogen-bond donors (Lipinski definition) is 2. The zero-order valence-electron chi connectivity index (χ0n) is 17.1. The van der Waals surface area contributed by atoms with E-state index in [1.807, 2.05) is 6.07 Å². The molecule has 0 radical (unpaired) electrons. The Labute approximate surface area is 180 Å². The molecule has 0 amide bonds. The Hall–Kier alpha value is -3.29. The fraction of sp³-hybridized carbons (Fsp3) is 0.348. The third kappa shape index (κ3) is 5.25. The number of nitrogens with two attached hydrogens (primary N) is 1. The molecular weight excluding hydrogens is 400 g/mol. The summed E-state index contributed by atoms with van der Waals surface area (Å²) in [6.45, 7) is -0.853. The number of allylic oxidation sites excluding steroid dienone is 1. The van der Waals surface area contributed by atoms with Gasteiger partial charge in [0.15, 0.2) is 0 Å². The van der Waals surface area contributed by atoms with Crippen LogP contribution in [0.2, 0.25) is 0 Å². The summed E-state index contributed by atoms with van der Waals surface area (Å²) in [5.41, 5.74) is 8.55. The number of aromatic nitrogens is 1. The summed E-state index contributed by atoms with van der Waals surface area (Å²) in [5, 5.41) is 7.67. The highest BCUT2D eigenvalue weighted by molar-refractivity contribution is 6.16. The molecule has 1 aliphatic heterocycles. The molecule has 1 aromatic carbocycles. The van der Waals surface area contributed by atoms with Crippen molar-refractivity contribution in [2.45, 2.75) is 32.3 Å². The minimum atomic E-state index is -2.88. The van der Waals surface area contributed by atoms with Gasteiger partial charge in [0.05, 0.1) is 5.69 Å². The number of aliphatic imine (C=N–C) groups is 1. The molecule has 2 aromatic rings. The van der Waals surface area contributed by atoms with E-state index in [2.05, 4.69) is 19.6 Å². The first-order chi connectivity index (χ1) is 15.0. The quantitative estimate of drug-likeness (QED) is 0.493. The maximum atomic E-state index is 12.3. The van der Waals surface area contributed by atoms with Crippen LogP contribution in [0.4, 0.5) is 20.3 Å². The second kappa shape index (κ2) is 8.83. The lowest BCUT2D eigenvalue weighted by Crippen LogP contribution is -2.34. The molecule has 6 nitrogen and oxygen atoms in total. The van der Waals surface area contributed by atoms with Crippen molar-refractivity contribution in [3.63, 3.8) is 0 Å². The molecule has 2 fully saturated rings. The summed E-state index contributed by atoms with van der Waals surface area (Å²) in [6.07, 6.45) is 9.61. The molecule has 2 heterocycles. The van der Waals surface area contributed by atoms with Crippen LogP contribution in [0.15, 0.2) is 53.7 Å². The highest BCUT2D eigenvalue weighted by Crippen LogP contribution is 2.53. The maximum Gasteiger partial charge on any atom is 0.387 e. The number of nitrogens with one attached hydrogen (secondary N) is 1. The summed E-state index contributed by atoms with van der Waals surface area (Å²) in [4.78, 5) is 11.2. The molecule has 1 saturated heterocycles. The Morgan fingerprint density at radius 3 is 2.48 bits per heavy atom. The van der Waals surface area contributed by atoms with Gasteiger partial charge in [0.2, 0.25) is 0 Å². The number of pyridine rings is 1. The minimum Gasteiger partial charge on any atom is -0.435 e. The number of ether oxygens (including phenoxy) is 1. The molecule has 0 unspecified atom stereocenters. The molecular formula is C23H25F2N5O. The molecule has 3 N–H and O–H groups in total. The molecule has 1 aromatic heterocycles. The van der Waals surface area contributed by atoms with Crippen molar-refractivity contribution in [3.05, 3.63) is 54.2 Å². The van der Waals surface area contributed by atoms with Crippen LogP contribution < -0.4 is 15.4 Å². The first-order valence-corrected chi connectivity index (χ1v) is 10.3. The Bertz CT molecular complexity index is 989. The van der Waals surface area contributed by atoms with Crippen LogP contribution in [0.5, 0.6) is 5.75 Å². The molecule has 1 saturated carbocycles. The van der Waals surface area contributed by atoms with E-state index in [1.165, 1.54) is 37.8 Å². The number of amidine groups is 1. The third-order valence-electron chi connectivity index (χ3n) is 5.96. The fourth-order valence-corrected chi connectivity index (χ4v) is 3.91. The number of benzene rings is 1. The zero-order chi connectivity index (χ0) is 21.8. The Morgan fingerprint density at radius 2 is 1.87 bits per heavy atom. The molecule has 4 rings (SSSR count). The lowest BCUT2D eigenvalue weighted by Gasteiger charge is -2.33. The van der Waals surface area contributed by atoms with E-state index in [-0.39, 0.29) is 11.6 Å². The van der Waals surface area contributed by atoms with Gasteiger partial charge >= 0.3 is 6.61 Å². The van der Waals surface area contributed by atoms with Gasteiger partial charge < -0.3 is 20.8 Å². The van der Waals surface area contributed by atoms with Crippen molar-refractivity contribution in [2.75, 3.05) is 18.0 Å². The number of halogens is 2. The monoisotopic (exact) mass is 425 g/mol. The van der Waals surface area contributed by atoms with E-state index in [0.29, 0.717) is 22.2 Å². The van der Waals surface area contributed by atoms with Gasteiger partial charge in [-0.15, -0.1) is 0 Å². The topological polar surface area (TPSA) is 87.6 Å². The summed E-state index contributed by atoms with van der Waals surface area (Å²) in [6, 6.07) is 9.74. The largest absolute Gasteiger partial charge is 0.435 e. The van der Waals surface area contributed by atoms with Gasteiger partial charge in [-0.3, -0.25) is 0 Å². The van der Waals surface area contributed by atoms with E-state index in [0.717, 1.165) is 25.1 Å². The predicted octanol–water partition coefficient (Wildman–Crippen LogP) is 4.79. The number of alkyl halides is 2. The molecule has 2 aliphatic rings. The number of hydrogen-bond acceptors (Lipinski definition) is 5. The Balaban J connectivity index is 1.47. The van der Waals surface area contributed by atoms with Gasteiger partial charge in [0.25, 0.3) is 0 Å². The number of piperidine rings is 1. The molecule has 1 spiro atoms. The molecule has 0 atom stereocenters. The zero-order valence-corrected chi connectivity index (χ0v) is 17.1. The average Bonchev–Trinajstić information content (AvgIpc) is 3.52. The fourth-order valence-electron chi connectivity index (χ4n) is 3.91. The van der Waals surface area contributed by atoms with Crippen molar-refractivity contribution in [1.82, 2.24) is 4.98 Å². The molecule has 162 valence electrons. The molecule has 31 heavy (non-hydrogen) atoms. The van der Waals surface area contributed by atoms with Crippen LogP contribution in [0.25, 0.3) is 5.57 Å². The SMILES string of the molecule is N=C/C(=C\C(N)=Nc1ccnc(N2CCC3(CC2)CC3)c1)c1ccc(OC(F)F)cc1. The normalized spacial score (nSPS) is 18.4. The molecule has 1 aliphatic carbocycles. The molecule has 8 heteroatoms. The van der Waals surface area contributed by atoms with E-state index in [1.54, 1.807) is 30.5 Å². The highest BCUT2D eigenvalue weighted by Gasteiger charge is 2.44. The maximum absolute atomic E-state index is 12.3. The van der Waals surface area contributed by atoms with Crippen molar-refractivity contribution < 1.29 is 13.5 Å². The van der Waals surface area contributed by atoms with Crippen LogP contribution in [0, 0.1) is 10.8 Å². The standard InChI is InChI=1S/C23H25F2N5O/c24-22(25)31-19-3-1-16(2-4-19)17(15-26)13-20(27)29-18-5-10-28-21(14-18)30-11-8-23(6-7-23)9-12-30/h1-5,10,13-15,22,26H,6-9,11-12H2,(H2,27,28,29)/b17-13+,26-15?. The third-order valence-corrected chi connectivity index (χ3v) is 5.96. The lowest BCUT2D eigenvalue weighted by molar-refractivity contribution is -0.0498. The number of nitrogens with zero attached hydrogens (tertiary/aromatic N) is 3. The second-order valence-corrected chi connectivity index (χ2v) is 8.04. The average molecular weight is 425 g/mol. The summed E-state index contributed by atoms with van der Waals surface area (Å²) >= 11 is 0. The van der Waals surface area contributed by atoms with Crippen molar-refractivity contribution in [3.8, 4) is 5.75 Å². The summed E-state index contributed by atoms with van der Waals surface area (Å²) in [5.74, 6) is 1.19. The van der Waals surface area contributed by atoms with Gasteiger partial charge in [-0.1, -0.05) is 12.1 Å². The van der Waals surface area contributed by atoms with Gasteiger partial charge in [0.1, 0.15) is 17.4 Å². The number of anilines is 1. The van der Waals surface area contributed by atoms with Crippen molar-refractivity contribution in [1.29, 1.82) is 5.41 Å². The highest BCUT2D eigenvalue weighted by atomic mass is 19.3. The van der Waals surface area contributed by atoms with Crippen LogP contribution in [0.1, 0.15) is 31.2 Å². The Kier molecular flexibility index (Phi) is 5.97. The van der Waals surface area contributed by atoms with Crippen LogP contribution in [-0.4, -0.2) is 36.7 Å². The van der Waals surface area contributed by atoms with Gasteiger partial charge in [-0.2, -0.15) is 8.78 Å². The first kappa shape index (κ1) is 21.0. The van der Waals surface area contributed by atoms with E-state index < -0.39 is 6.61 Å². The smallest absolute Gasteiger partial charge is 0.387 e. The van der Waals surface area contributed by atoms with Gasteiger partial charge in [-0.25, -0.2) is 9.98 Å². The molecule has 0 bridgehead atoms. The van der Waals surface area contributed by atoms with E-state index >= 15 is 0 Å². The van der Waals surface area contributed by atoms with Crippen molar-refractivity contribution >= 4 is 29.1 Å². The van der Waals surface area contributed by atoms with Crippen molar-refractivity contribution in [2.24, 2.45) is 16.1 Å². The van der Waals surface area contributed by atoms with Gasteiger partial charge in [0, 0.05) is 37.1 Å². The number of rotatable bonds is 7. The first-order valence-electron chi connectivity index (χ1n) is 10.3. The lowest BCUT2D eigenvalue weighted by atomic mass is 9.94. The van der Waals surface area contributed by atoms with Crippen LogP contribution in [-0.2, 0) is 0 Å². The second-order valence-electron chi connectivity index (χ2n) is 8.04. The van der Waals surface area contributed by atoms with E-state index in [9.17, 15) is 8.78 Å². The summed E-state index contributed by atoms with van der Waals surface area (Å²) in [7, 11) is 0. The van der Waals surface area contributed by atoms with Gasteiger partial charge in [-0.05, 0) is 60.9 Å². The Morgan fingerprint density at radius 1 is 1.16 bits per heavy atom. The van der Waals surface area contributed by atoms with Crippen LogP contribution in [0.3, 0.4) is 0 Å². The van der Waals surface area contributed by atoms with Crippen LogP contribution >= 0.6 is 0 Å². The predicted molar refractivity (Wildman–Crippen MR) is 118 cm³/mol. The van der Waals surface area contributed by atoms with E-state index in [4.69, 9.17) is 11.1 Å². The minimum absolute atomic E-state index is 0.0550.